The number of nitrogens with zero attached hydrogens (tertiary/aromatic N) is 2. The maximum atomic E-state index is 13.6. The van der Waals surface area contributed by atoms with E-state index in [0.29, 0.717) is 12.1 Å². The van der Waals surface area contributed by atoms with Gasteiger partial charge in [-0.05, 0) is 56.0 Å². The van der Waals surface area contributed by atoms with Crippen LogP contribution >= 0.6 is 0 Å². The van der Waals surface area contributed by atoms with Gasteiger partial charge in [-0.1, -0.05) is 43.0 Å². The Labute approximate surface area is 189 Å². The third-order valence-corrected chi connectivity index (χ3v) is 9.20. The van der Waals surface area contributed by atoms with Gasteiger partial charge in [-0.15, -0.1) is 0 Å². The van der Waals surface area contributed by atoms with Crippen molar-refractivity contribution in [1.82, 2.24) is 4.31 Å². The van der Waals surface area contributed by atoms with Gasteiger partial charge < -0.3 is 4.90 Å². The van der Waals surface area contributed by atoms with Gasteiger partial charge in [0, 0.05) is 36.3 Å². The molecule has 1 spiro atoms. The second kappa shape index (κ2) is 7.96. The lowest BCUT2D eigenvalue weighted by molar-refractivity contribution is 0.0982. The zero-order chi connectivity index (χ0) is 22.5. The molecule has 7 heteroatoms. The van der Waals surface area contributed by atoms with Crippen LogP contribution in [0.4, 0.5) is 10.1 Å². The third kappa shape index (κ3) is 3.55. The summed E-state index contributed by atoms with van der Waals surface area (Å²) in [4.78, 5) is 15.5. The van der Waals surface area contributed by atoms with Crippen LogP contribution < -0.4 is 4.90 Å². The average molecular weight is 457 g/mol. The first-order chi connectivity index (χ1) is 15.3. The quantitative estimate of drug-likeness (QED) is 0.679. The number of sulfonamides is 1. The Balaban J connectivity index is 1.48. The lowest BCUT2D eigenvalue weighted by Crippen LogP contribution is -2.38. The van der Waals surface area contributed by atoms with Crippen LogP contribution in [0.1, 0.15) is 60.0 Å². The van der Waals surface area contributed by atoms with E-state index in [1.807, 2.05) is 17.0 Å². The molecule has 0 aromatic heterocycles. The van der Waals surface area contributed by atoms with E-state index < -0.39 is 16.2 Å². The van der Waals surface area contributed by atoms with Crippen molar-refractivity contribution in [2.45, 2.75) is 61.9 Å². The van der Waals surface area contributed by atoms with E-state index >= 15 is 0 Å². The van der Waals surface area contributed by atoms with E-state index in [-0.39, 0.29) is 35.7 Å². The van der Waals surface area contributed by atoms with Crippen LogP contribution in [0.15, 0.2) is 47.4 Å². The van der Waals surface area contributed by atoms with Crippen molar-refractivity contribution in [2.24, 2.45) is 0 Å². The molecule has 1 aliphatic carbocycles. The van der Waals surface area contributed by atoms with Crippen molar-refractivity contribution in [1.29, 1.82) is 0 Å². The number of benzene rings is 2. The number of rotatable bonds is 3. The standard InChI is InChI=1S/C25H29FN2O3S/c1-18-8-9-23-22(14-18)25(11-3-2-4-12-25)17-28(23)24(29)19-6-5-7-21(15-19)32(30,31)27-13-10-20(26)16-27/h5-9,14-15,20H,2-4,10-13,16-17H2,1H3. The summed E-state index contributed by atoms with van der Waals surface area (Å²) in [5.74, 6) is -0.181. The highest BCUT2D eigenvalue weighted by Crippen LogP contribution is 2.49. The molecule has 5 rings (SSSR count). The molecule has 2 aromatic rings. The highest BCUT2D eigenvalue weighted by atomic mass is 32.2. The van der Waals surface area contributed by atoms with Gasteiger partial charge in [-0.2, -0.15) is 4.31 Å². The molecule has 1 amide bonds. The summed E-state index contributed by atoms with van der Waals surface area (Å²) in [6.07, 6.45) is 4.77. The number of fused-ring (bicyclic) bond motifs is 2. The summed E-state index contributed by atoms with van der Waals surface area (Å²) < 4.78 is 40.8. The number of aryl methyl sites for hydroxylation is 1. The van der Waals surface area contributed by atoms with Gasteiger partial charge in [0.1, 0.15) is 6.17 Å². The summed E-state index contributed by atoms with van der Waals surface area (Å²) in [6, 6.07) is 12.5. The van der Waals surface area contributed by atoms with Crippen molar-refractivity contribution in [3.8, 4) is 0 Å². The fraction of sp³-hybridized carbons (Fsp3) is 0.480. The molecule has 2 heterocycles. The molecule has 5 nitrogen and oxygen atoms in total. The van der Waals surface area contributed by atoms with E-state index in [0.717, 1.165) is 31.4 Å². The topological polar surface area (TPSA) is 57.7 Å². The molecule has 170 valence electrons. The summed E-state index contributed by atoms with van der Waals surface area (Å²) in [5, 5.41) is 0. The minimum absolute atomic E-state index is 0.00929. The van der Waals surface area contributed by atoms with Crippen LogP contribution in [0.25, 0.3) is 0 Å². The predicted octanol–water partition coefficient (Wildman–Crippen LogP) is 4.59. The molecule has 1 unspecified atom stereocenters. The van der Waals surface area contributed by atoms with Crippen molar-refractivity contribution in [3.63, 3.8) is 0 Å². The summed E-state index contributed by atoms with van der Waals surface area (Å²) in [6.45, 7) is 2.76. The lowest BCUT2D eigenvalue weighted by Gasteiger charge is -2.34. The van der Waals surface area contributed by atoms with Crippen molar-refractivity contribution in [3.05, 3.63) is 59.2 Å². The number of hydrogen-bond acceptors (Lipinski definition) is 3. The monoisotopic (exact) mass is 456 g/mol. The maximum Gasteiger partial charge on any atom is 0.258 e. The van der Waals surface area contributed by atoms with E-state index in [1.165, 1.54) is 34.0 Å². The Hall–Kier alpha value is -2.25. The molecule has 0 radical (unpaired) electrons. The number of alkyl halides is 1. The molecule has 0 N–H and O–H groups in total. The zero-order valence-corrected chi connectivity index (χ0v) is 19.2. The van der Waals surface area contributed by atoms with Crippen LogP contribution in [-0.2, 0) is 15.4 Å². The highest BCUT2D eigenvalue weighted by molar-refractivity contribution is 7.89. The molecule has 2 aliphatic heterocycles. The molecule has 2 fully saturated rings. The van der Waals surface area contributed by atoms with Gasteiger partial charge in [0.2, 0.25) is 10.0 Å². The Morgan fingerprint density at radius 2 is 1.88 bits per heavy atom. The molecular weight excluding hydrogens is 427 g/mol. The molecule has 1 atom stereocenters. The average Bonchev–Trinajstić information content (AvgIpc) is 3.36. The lowest BCUT2D eigenvalue weighted by atomic mass is 9.70. The van der Waals surface area contributed by atoms with E-state index in [2.05, 4.69) is 13.0 Å². The van der Waals surface area contributed by atoms with Gasteiger partial charge in [0.25, 0.3) is 5.91 Å². The number of anilines is 1. The minimum atomic E-state index is -3.82. The fourth-order valence-corrected chi connectivity index (χ4v) is 7.15. The van der Waals surface area contributed by atoms with Crippen LogP contribution in [0.3, 0.4) is 0 Å². The second-order valence-corrected chi connectivity index (χ2v) is 11.5. The number of carbonyl (C=O) groups is 1. The number of carbonyl (C=O) groups excluding carboxylic acids is 1. The Morgan fingerprint density at radius 1 is 1.09 bits per heavy atom. The summed E-state index contributed by atoms with van der Waals surface area (Å²) >= 11 is 0. The van der Waals surface area contributed by atoms with Crippen LogP contribution in [0.5, 0.6) is 0 Å². The number of hydrogen-bond donors (Lipinski definition) is 0. The van der Waals surface area contributed by atoms with Crippen molar-refractivity contribution >= 4 is 21.6 Å². The normalized spacial score (nSPS) is 22.9. The van der Waals surface area contributed by atoms with Crippen LogP contribution in [0.2, 0.25) is 0 Å². The van der Waals surface area contributed by atoms with Crippen LogP contribution in [-0.4, -0.2) is 44.4 Å². The first-order valence-corrected chi connectivity index (χ1v) is 12.9. The molecule has 2 aromatic carbocycles. The van der Waals surface area contributed by atoms with Gasteiger partial charge in [0.15, 0.2) is 0 Å². The third-order valence-electron chi connectivity index (χ3n) is 7.34. The molecular formula is C25H29FN2O3S. The van der Waals surface area contributed by atoms with E-state index in [4.69, 9.17) is 0 Å². The molecule has 1 saturated heterocycles. The Morgan fingerprint density at radius 3 is 2.59 bits per heavy atom. The molecule has 0 bridgehead atoms. The Bertz CT molecular complexity index is 1160. The first kappa shape index (κ1) is 21.6. The van der Waals surface area contributed by atoms with Gasteiger partial charge in [0.05, 0.1) is 4.90 Å². The SMILES string of the molecule is Cc1ccc2c(c1)C1(CCCCC1)CN2C(=O)c1cccc(S(=O)(=O)N2CCC(F)C2)c1. The molecule has 3 aliphatic rings. The summed E-state index contributed by atoms with van der Waals surface area (Å²) in [5.41, 5.74) is 3.72. The van der Waals surface area contributed by atoms with E-state index in [9.17, 15) is 17.6 Å². The number of amides is 1. The Kier molecular flexibility index (Phi) is 5.37. The highest BCUT2D eigenvalue weighted by Gasteiger charge is 2.45. The van der Waals surface area contributed by atoms with Crippen molar-refractivity contribution in [2.75, 3.05) is 24.5 Å². The maximum absolute atomic E-state index is 13.6. The fourth-order valence-electron chi connectivity index (χ4n) is 5.62. The zero-order valence-electron chi connectivity index (χ0n) is 18.4. The first-order valence-electron chi connectivity index (χ1n) is 11.5. The van der Waals surface area contributed by atoms with Crippen molar-refractivity contribution < 1.29 is 17.6 Å². The van der Waals surface area contributed by atoms with Gasteiger partial charge in [-0.3, -0.25) is 4.79 Å². The molecule has 32 heavy (non-hydrogen) atoms. The number of halogens is 1. The molecule has 1 saturated carbocycles. The summed E-state index contributed by atoms with van der Waals surface area (Å²) in [7, 11) is -3.82. The minimum Gasteiger partial charge on any atom is -0.307 e. The van der Waals surface area contributed by atoms with Crippen LogP contribution in [0, 0.1) is 6.92 Å². The smallest absolute Gasteiger partial charge is 0.258 e. The van der Waals surface area contributed by atoms with E-state index in [1.54, 1.807) is 12.1 Å². The van der Waals surface area contributed by atoms with Gasteiger partial charge >= 0.3 is 0 Å². The van der Waals surface area contributed by atoms with Gasteiger partial charge in [-0.25, -0.2) is 12.8 Å². The second-order valence-electron chi connectivity index (χ2n) is 9.53. The predicted molar refractivity (Wildman–Crippen MR) is 122 cm³/mol. The largest absolute Gasteiger partial charge is 0.307 e.